The van der Waals surface area contributed by atoms with Gasteiger partial charge in [-0.1, -0.05) is 30.3 Å². The molecule has 1 fully saturated rings. The Balaban J connectivity index is 1.44. The molecule has 4 heterocycles. The molecule has 6 nitrogen and oxygen atoms in total. The van der Waals surface area contributed by atoms with Crippen LogP contribution in [0.1, 0.15) is 24.9 Å². The van der Waals surface area contributed by atoms with Crippen LogP contribution in [0.5, 0.6) is 0 Å². The van der Waals surface area contributed by atoms with E-state index in [9.17, 15) is 0 Å². The Morgan fingerprint density at radius 2 is 2.03 bits per heavy atom. The number of nitrogens with one attached hydrogen (secondary N) is 3. The maximum atomic E-state index is 4.89. The average Bonchev–Trinajstić information content (AvgIpc) is 3.46. The lowest BCUT2D eigenvalue weighted by molar-refractivity contribution is 0.789. The van der Waals surface area contributed by atoms with Gasteiger partial charge in [0.1, 0.15) is 11.6 Å². The molecule has 1 unspecified atom stereocenters. The van der Waals surface area contributed by atoms with E-state index in [0.29, 0.717) is 11.9 Å². The summed E-state index contributed by atoms with van der Waals surface area (Å²) in [7, 11) is 0. The molecule has 152 valence electrons. The fourth-order valence-electron chi connectivity index (χ4n) is 3.76. The highest BCUT2D eigenvalue weighted by molar-refractivity contribution is 7.17. The van der Waals surface area contributed by atoms with Crippen LogP contribution in [-0.2, 0) is 0 Å². The van der Waals surface area contributed by atoms with Gasteiger partial charge in [-0.2, -0.15) is 0 Å². The third kappa shape index (κ3) is 3.99. The summed E-state index contributed by atoms with van der Waals surface area (Å²) in [6, 6.07) is 17.0. The molecule has 1 aliphatic heterocycles. The summed E-state index contributed by atoms with van der Waals surface area (Å²) in [6.45, 7) is 4.14. The summed E-state index contributed by atoms with van der Waals surface area (Å²) < 4.78 is 1.11. The minimum Gasteiger partial charge on any atom is -0.365 e. The normalized spacial score (nSPS) is 17.2. The Morgan fingerprint density at radius 3 is 2.87 bits per heavy atom. The van der Waals surface area contributed by atoms with E-state index >= 15 is 0 Å². The first-order chi connectivity index (χ1) is 14.8. The quantitative estimate of drug-likeness (QED) is 0.423. The van der Waals surface area contributed by atoms with Crippen LogP contribution in [0.2, 0.25) is 0 Å². The van der Waals surface area contributed by atoms with Crippen LogP contribution in [0.15, 0.2) is 60.1 Å². The van der Waals surface area contributed by atoms with Gasteiger partial charge in [-0.25, -0.2) is 15.0 Å². The number of aromatic nitrogens is 3. The predicted molar refractivity (Wildman–Crippen MR) is 124 cm³/mol. The van der Waals surface area contributed by atoms with Gasteiger partial charge in [0.2, 0.25) is 0 Å². The highest BCUT2D eigenvalue weighted by Gasteiger charge is 2.18. The van der Waals surface area contributed by atoms with Gasteiger partial charge < -0.3 is 16.0 Å². The Bertz CT molecular complexity index is 1140. The minimum atomic E-state index is 0.154. The van der Waals surface area contributed by atoms with Gasteiger partial charge in [0.25, 0.3) is 0 Å². The van der Waals surface area contributed by atoms with Crippen LogP contribution >= 0.6 is 11.3 Å². The number of rotatable bonds is 6. The number of hydrogen-bond acceptors (Lipinski definition) is 7. The lowest BCUT2D eigenvalue weighted by atomic mass is 10.1. The van der Waals surface area contributed by atoms with E-state index in [1.807, 2.05) is 24.4 Å². The van der Waals surface area contributed by atoms with E-state index in [4.69, 9.17) is 9.97 Å². The SMILES string of the molecule is C[C@H](Nc1cc(-c2nc(NC3CCNC3)c3sccc3n2)ccn1)c1ccccc1. The van der Waals surface area contributed by atoms with Crippen LogP contribution in [-0.4, -0.2) is 34.1 Å². The first kappa shape index (κ1) is 19.0. The molecule has 3 aromatic heterocycles. The maximum Gasteiger partial charge on any atom is 0.162 e. The minimum absolute atomic E-state index is 0.154. The third-order valence-corrected chi connectivity index (χ3v) is 6.30. The highest BCUT2D eigenvalue weighted by atomic mass is 32.1. The van der Waals surface area contributed by atoms with Gasteiger partial charge >= 0.3 is 0 Å². The zero-order valence-electron chi connectivity index (χ0n) is 16.8. The maximum absolute atomic E-state index is 4.89. The summed E-state index contributed by atoms with van der Waals surface area (Å²) in [5.41, 5.74) is 3.15. The fourth-order valence-corrected chi connectivity index (χ4v) is 4.54. The number of pyridine rings is 1. The second-order valence-corrected chi connectivity index (χ2v) is 8.49. The van der Waals surface area contributed by atoms with E-state index in [1.165, 1.54) is 5.56 Å². The number of fused-ring (bicyclic) bond motifs is 1. The molecular weight excluding hydrogens is 392 g/mol. The van der Waals surface area contributed by atoms with Gasteiger partial charge in [0.15, 0.2) is 5.82 Å². The summed E-state index contributed by atoms with van der Waals surface area (Å²) in [4.78, 5) is 14.2. The number of thiophene rings is 1. The van der Waals surface area contributed by atoms with Crippen molar-refractivity contribution >= 4 is 33.2 Å². The van der Waals surface area contributed by atoms with Crippen molar-refractivity contribution < 1.29 is 0 Å². The first-order valence-corrected chi connectivity index (χ1v) is 11.1. The number of hydrogen-bond donors (Lipinski definition) is 3. The molecular formula is C23H24N6S. The molecule has 0 radical (unpaired) electrons. The van der Waals surface area contributed by atoms with Crippen molar-refractivity contribution in [2.45, 2.75) is 25.4 Å². The largest absolute Gasteiger partial charge is 0.365 e. The average molecular weight is 417 g/mol. The molecule has 0 amide bonds. The van der Waals surface area contributed by atoms with Crippen molar-refractivity contribution in [3.05, 3.63) is 65.7 Å². The molecule has 2 atom stereocenters. The summed E-state index contributed by atoms with van der Waals surface area (Å²) in [5.74, 6) is 2.45. The molecule has 1 aliphatic rings. The zero-order valence-corrected chi connectivity index (χ0v) is 17.6. The molecule has 0 saturated carbocycles. The summed E-state index contributed by atoms with van der Waals surface area (Å²) in [5, 5.41) is 12.6. The van der Waals surface area contributed by atoms with Crippen molar-refractivity contribution in [3.8, 4) is 11.4 Å². The van der Waals surface area contributed by atoms with Crippen LogP contribution in [0, 0.1) is 0 Å². The number of anilines is 2. The second kappa shape index (κ2) is 8.38. The second-order valence-electron chi connectivity index (χ2n) is 7.57. The van der Waals surface area contributed by atoms with E-state index < -0.39 is 0 Å². The molecule has 0 bridgehead atoms. The van der Waals surface area contributed by atoms with Gasteiger partial charge in [0.05, 0.1) is 10.2 Å². The van der Waals surface area contributed by atoms with Gasteiger partial charge in [-0.15, -0.1) is 11.3 Å². The topological polar surface area (TPSA) is 74.8 Å². The predicted octanol–water partition coefficient (Wildman–Crippen LogP) is 4.70. The molecule has 5 rings (SSSR count). The van der Waals surface area contributed by atoms with Gasteiger partial charge in [-0.05, 0) is 49.0 Å². The Kier molecular flexibility index (Phi) is 5.29. The van der Waals surface area contributed by atoms with Crippen molar-refractivity contribution in [2.24, 2.45) is 0 Å². The zero-order chi connectivity index (χ0) is 20.3. The summed E-state index contributed by atoms with van der Waals surface area (Å²) >= 11 is 1.68. The summed E-state index contributed by atoms with van der Waals surface area (Å²) in [6.07, 6.45) is 2.91. The molecule has 4 aromatic rings. The lowest BCUT2D eigenvalue weighted by Gasteiger charge is -2.16. The monoisotopic (exact) mass is 416 g/mol. The first-order valence-electron chi connectivity index (χ1n) is 10.3. The molecule has 7 heteroatoms. The van der Waals surface area contributed by atoms with Crippen molar-refractivity contribution in [1.82, 2.24) is 20.3 Å². The highest BCUT2D eigenvalue weighted by Crippen LogP contribution is 2.30. The molecule has 30 heavy (non-hydrogen) atoms. The van der Waals surface area contributed by atoms with Gasteiger partial charge in [-0.3, -0.25) is 0 Å². The standard InChI is InChI=1S/C23H24N6S/c1-15(16-5-3-2-4-6-16)26-20-13-17(7-11-25-20)22-28-19-9-12-30-21(19)23(29-22)27-18-8-10-24-14-18/h2-7,9,11-13,15,18,24H,8,10,14H2,1H3,(H,25,26)(H,27,28,29)/t15-,18?/m0/s1. The molecule has 3 N–H and O–H groups in total. The van der Waals surface area contributed by atoms with E-state index in [1.54, 1.807) is 11.3 Å². The molecule has 0 spiro atoms. The Hall–Kier alpha value is -3.03. The Morgan fingerprint density at radius 1 is 1.13 bits per heavy atom. The molecule has 0 aliphatic carbocycles. The van der Waals surface area contributed by atoms with Crippen molar-refractivity contribution in [1.29, 1.82) is 0 Å². The van der Waals surface area contributed by atoms with Crippen LogP contribution in [0.3, 0.4) is 0 Å². The van der Waals surface area contributed by atoms with Crippen LogP contribution in [0.25, 0.3) is 21.6 Å². The number of benzene rings is 1. The smallest absolute Gasteiger partial charge is 0.162 e. The Labute approximate surface area is 179 Å². The van der Waals surface area contributed by atoms with Gasteiger partial charge in [0, 0.05) is 30.4 Å². The van der Waals surface area contributed by atoms with Crippen LogP contribution < -0.4 is 16.0 Å². The van der Waals surface area contributed by atoms with E-state index in [2.05, 4.69) is 63.6 Å². The molecule has 1 aromatic carbocycles. The fraction of sp³-hybridized carbons (Fsp3) is 0.261. The number of nitrogens with zero attached hydrogens (tertiary/aromatic N) is 3. The molecule has 1 saturated heterocycles. The van der Waals surface area contributed by atoms with E-state index in [0.717, 1.165) is 46.9 Å². The van der Waals surface area contributed by atoms with Crippen molar-refractivity contribution in [3.63, 3.8) is 0 Å². The lowest BCUT2D eigenvalue weighted by Crippen LogP contribution is -2.22. The third-order valence-electron chi connectivity index (χ3n) is 5.39. The van der Waals surface area contributed by atoms with Crippen LogP contribution in [0.4, 0.5) is 11.6 Å². The van der Waals surface area contributed by atoms with Crippen molar-refractivity contribution in [2.75, 3.05) is 23.7 Å². The van der Waals surface area contributed by atoms with E-state index in [-0.39, 0.29) is 6.04 Å².